The van der Waals surface area contributed by atoms with Crippen LogP contribution in [0.3, 0.4) is 0 Å². The second-order valence-corrected chi connectivity index (χ2v) is 15.6. The van der Waals surface area contributed by atoms with Crippen LogP contribution in [0.2, 0.25) is 10.0 Å². The molecule has 1 saturated heterocycles. The number of H-pyrrole nitrogens is 1. The Morgan fingerprint density at radius 1 is 0.959 bits per heavy atom. The molecule has 3 fully saturated rings. The van der Waals surface area contributed by atoms with Gasteiger partial charge in [-0.2, -0.15) is 13.2 Å². The predicted octanol–water partition coefficient (Wildman–Crippen LogP) is 7.46. The van der Waals surface area contributed by atoms with Gasteiger partial charge in [0, 0.05) is 31.7 Å². The molecule has 252 valence electrons. The minimum Gasteiger partial charge on any atom is -0.483 e. The molecule has 49 heavy (non-hydrogen) atoms. The van der Waals surface area contributed by atoms with Crippen molar-refractivity contribution in [2.24, 2.45) is 29.6 Å². The third-order valence-electron chi connectivity index (χ3n) is 9.98. The maximum atomic E-state index is 14.0. The maximum Gasteiger partial charge on any atom is 0.418 e. The van der Waals surface area contributed by atoms with E-state index in [2.05, 4.69) is 10.3 Å². The highest BCUT2D eigenvalue weighted by Crippen LogP contribution is 2.69. The Labute approximate surface area is 294 Å². The number of fused-ring (bicyclic) bond motifs is 9. The molecule has 2 aliphatic carbocycles. The summed E-state index contributed by atoms with van der Waals surface area (Å²) in [5.41, 5.74) is -0.335. The lowest BCUT2D eigenvalue weighted by atomic mass is 9.68. The van der Waals surface area contributed by atoms with Gasteiger partial charge in [-0.3, -0.25) is 24.1 Å². The fourth-order valence-electron chi connectivity index (χ4n) is 8.27. The van der Waals surface area contributed by atoms with Gasteiger partial charge in [0.05, 0.1) is 33.8 Å². The van der Waals surface area contributed by atoms with Crippen molar-refractivity contribution in [1.82, 2.24) is 4.98 Å². The molecule has 0 radical (unpaired) electrons. The Hall–Kier alpha value is -3.78. The summed E-state index contributed by atoms with van der Waals surface area (Å²) < 4.78 is 46.5. The first-order chi connectivity index (χ1) is 23.4. The molecule has 3 amide bonds. The van der Waals surface area contributed by atoms with Gasteiger partial charge in [0.25, 0.3) is 5.91 Å². The van der Waals surface area contributed by atoms with E-state index in [1.807, 2.05) is 0 Å². The van der Waals surface area contributed by atoms with E-state index in [0.29, 0.717) is 32.7 Å². The number of amides is 3. The van der Waals surface area contributed by atoms with E-state index < -0.39 is 47.7 Å². The number of thioether (sulfide) groups is 1. The summed E-state index contributed by atoms with van der Waals surface area (Å²) in [4.78, 5) is 58.2. The van der Waals surface area contributed by atoms with Crippen molar-refractivity contribution in [2.45, 2.75) is 28.8 Å². The Bertz CT molecular complexity index is 2090. The normalized spacial score (nSPS) is 26.8. The molecule has 1 aromatic heterocycles. The molecule has 4 aromatic rings. The molecule has 8 nitrogen and oxygen atoms in total. The summed E-state index contributed by atoms with van der Waals surface area (Å²) in [6.07, 6.45) is -4.02. The molecule has 2 saturated carbocycles. The van der Waals surface area contributed by atoms with Crippen LogP contribution in [0.4, 0.5) is 24.5 Å². The zero-order valence-corrected chi connectivity index (χ0v) is 28.1. The van der Waals surface area contributed by atoms with Crippen LogP contribution in [0.15, 0.2) is 76.6 Å². The van der Waals surface area contributed by atoms with Crippen molar-refractivity contribution < 1.29 is 32.3 Å². The quantitative estimate of drug-likeness (QED) is 0.199. The van der Waals surface area contributed by atoms with E-state index in [1.54, 1.807) is 42.5 Å². The summed E-state index contributed by atoms with van der Waals surface area (Å²) in [5, 5.41) is 3.69. The Kier molecular flexibility index (Phi) is 7.89. The number of hydrogen-bond donors (Lipinski definition) is 2. The minimum absolute atomic E-state index is 0.120. The maximum absolute atomic E-state index is 14.0. The number of benzene rings is 3. The summed E-state index contributed by atoms with van der Waals surface area (Å²) in [6.45, 7) is -0.605. The number of rotatable bonds is 6. The predicted molar refractivity (Wildman–Crippen MR) is 179 cm³/mol. The van der Waals surface area contributed by atoms with Crippen LogP contribution >= 0.6 is 46.3 Å². The van der Waals surface area contributed by atoms with Gasteiger partial charge in [0.1, 0.15) is 5.75 Å². The van der Waals surface area contributed by atoms with Gasteiger partial charge in [-0.15, -0.1) is 11.8 Å². The zero-order valence-electron chi connectivity index (χ0n) is 25.0. The zero-order chi connectivity index (χ0) is 34.4. The Balaban J connectivity index is 1.12. The fourth-order valence-corrected chi connectivity index (χ4v) is 11.5. The second-order valence-electron chi connectivity index (χ2n) is 12.5. The van der Waals surface area contributed by atoms with Crippen molar-refractivity contribution in [3.8, 4) is 5.75 Å². The van der Waals surface area contributed by atoms with E-state index in [-0.39, 0.29) is 45.4 Å². The molecule has 7 atom stereocenters. The highest BCUT2D eigenvalue weighted by Gasteiger charge is 2.70. The summed E-state index contributed by atoms with van der Waals surface area (Å²) >= 11 is 15.2. The standard InChI is InChI=1S/C34H24Cl2F3N3O5S2/c35-14-5-8-16(9-6-14)42-31(44)26-18-12-19(27(26)32(42)45)28-25(18)24(29-30(48-28)41-33(46)49-29)17-11-15(36)7-10-22(17)47-13-23(43)40-21-4-2-1-3-20(21)34(37,38)39/h1-11,18-19,24-28H,12-13H2,(H,40,43)(H,41,46)/t18-,19-,24-,25?,26?,27?,28?/m1/s1. The number of nitrogens with one attached hydrogen (secondary N) is 2. The number of aromatic nitrogens is 1. The number of hydrogen-bond acceptors (Lipinski definition) is 7. The number of halogens is 5. The fraction of sp³-hybridized carbons (Fsp3) is 0.294. The second kappa shape index (κ2) is 11.9. The SMILES string of the molecule is O=C(COc1ccc(Cl)cc1[C@H]1c2sc(=O)[nH]c2SC2C1[C@H]1C[C@@H]2C2C(=O)N(c3ccc(Cl)cc3)C(=O)C21)Nc1ccccc1C(F)(F)F. The Morgan fingerprint density at radius 2 is 1.65 bits per heavy atom. The molecule has 3 aromatic carbocycles. The monoisotopic (exact) mass is 745 g/mol. The molecule has 2 aliphatic heterocycles. The van der Waals surface area contributed by atoms with Crippen LogP contribution in [0.1, 0.15) is 28.3 Å². The smallest absolute Gasteiger partial charge is 0.418 e. The first-order valence-electron chi connectivity index (χ1n) is 15.3. The van der Waals surface area contributed by atoms with E-state index in [0.717, 1.165) is 28.3 Å². The third kappa shape index (κ3) is 5.36. The van der Waals surface area contributed by atoms with Gasteiger partial charge in [-0.25, -0.2) is 0 Å². The molecule has 2 N–H and O–H groups in total. The van der Waals surface area contributed by atoms with Crippen molar-refractivity contribution >= 4 is 75.4 Å². The molecular formula is C34H24Cl2F3N3O5S2. The van der Waals surface area contributed by atoms with Crippen LogP contribution in [-0.4, -0.2) is 34.6 Å². The first kappa shape index (κ1) is 32.4. The molecule has 8 rings (SSSR count). The molecule has 4 unspecified atom stereocenters. The van der Waals surface area contributed by atoms with Gasteiger partial charge in [-0.1, -0.05) is 46.7 Å². The Morgan fingerprint density at radius 3 is 2.39 bits per heavy atom. The average Bonchev–Trinajstić information content (AvgIpc) is 3.79. The summed E-state index contributed by atoms with van der Waals surface area (Å²) in [7, 11) is 0. The van der Waals surface area contributed by atoms with E-state index in [1.165, 1.54) is 28.8 Å². The number of nitrogens with zero attached hydrogens (tertiary/aromatic N) is 1. The van der Waals surface area contributed by atoms with Gasteiger partial charge in [-0.05, 0) is 78.8 Å². The molecular weight excluding hydrogens is 722 g/mol. The molecule has 4 aliphatic rings. The van der Waals surface area contributed by atoms with Gasteiger partial charge >= 0.3 is 11.0 Å². The highest BCUT2D eigenvalue weighted by atomic mass is 35.5. The van der Waals surface area contributed by atoms with E-state index >= 15 is 0 Å². The number of alkyl halides is 3. The average molecular weight is 747 g/mol. The third-order valence-corrected chi connectivity index (χ3v) is 13.1. The van der Waals surface area contributed by atoms with E-state index in [9.17, 15) is 32.3 Å². The van der Waals surface area contributed by atoms with Crippen molar-refractivity contribution in [3.63, 3.8) is 0 Å². The lowest BCUT2D eigenvalue weighted by molar-refractivity contribution is -0.137. The lowest BCUT2D eigenvalue weighted by Gasteiger charge is -2.43. The number of aromatic amines is 1. The number of ether oxygens (including phenoxy) is 1. The molecule has 2 bridgehead atoms. The molecule has 15 heteroatoms. The van der Waals surface area contributed by atoms with E-state index in [4.69, 9.17) is 27.9 Å². The number of carbonyl (C=O) groups is 3. The first-order valence-corrected chi connectivity index (χ1v) is 17.8. The van der Waals surface area contributed by atoms with Crippen molar-refractivity contribution in [1.29, 1.82) is 0 Å². The number of anilines is 2. The minimum atomic E-state index is -4.67. The highest BCUT2D eigenvalue weighted by molar-refractivity contribution is 8.00. The van der Waals surface area contributed by atoms with Crippen LogP contribution in [-0.2, 0) is 20.6 Å². The van der Waals surface area contributed by atoms with Crippen LogP contribution in [0.5, 0.6) is 5.75 Å². The number of para-hydroxylation sites is 1. The summed E-state index contributed by atoms with van der Waals surface area (Å²) in [5.74, 6) is -3.11. The van der Waals surface area contributed by atoms with Crippen molar-refractivity contribution in [2.75, 3.05) is 16.8 Å². The molecule has 3 heterocycles. The van der Waals surface area contributed by atoms with Gasteiger partial charge in [0.2, 0.25) is 11.8 Å². The van der Waals surface area contributed by atoms with Crippen LogP contribution in [0, 0.1) is 29.6 Å². The summed E-state index contributed by atoms with van der Waals surface area (Å²) in [6, 6.07) is 16.1. The number of imide groups is 1. The van der Waals surface area contributed by atoms with Crippen molar-refractivity contribution in [3.05, 3.63) is 102 Å². The van der Waals surface area contributed by atoms with Gasteiger partial charge < -0.3 is 15.0 Å². The molecule has 0 spiro atoms. The topological polar surface area (TPSA) is 109 Å². The van der Waals surface area contributed by atoms with Crippen LogP contribution in [0.25, 0.3) is 0 Å². The number of thiazole rings is 1. The lowest BCUT2D eigenvalue weighted by Crippen LogP contribution is -2.42. The van der Waals surface area contributed by atoms with Gasteiger partial charge in [0.15, 0.2) is 6.61 Å². The number of carbonyl (C=O) groups excluding carboxylic acids is 3. The largest absolute Gasteiger partial charge is 0.483 e. The van der Waals surface area contributed by atoms with Crippen LogP contribution < -0.4 is 19.8 Å².